The summed E-state index contributed by atoms with van der Waals surface area (Å²) in [6, 6.07) is 18.6. The molecule has 1 saturated heterocycles. The second kappa shape index (κ2) is 6.68. The van der Waals surface area contributed by atoms with Crippen LogP contribution in [0.2, 0.25) is 0 Å². The van der Waals surface area contributed by atoms with Gasteiger partial charge >= 0.3 is 5.63 Å². The molecule has 0 atom stereocenters. The van der Waals surface area contributed by atoms with Gasteiger partial charge in [0, 0.05) is 30.2 Å². The Hall–Kier alpha value is -3.34. The molecule has 1 aliphatic heterocycles. The van der Waals surface area contributed by atoms with E-state index in [1.54, 1.807) is 4.57 Å². The van der Waals surface area contributed by atoms with Gasteiger partial charge in [-0.25, -0.2) is 4.79 Å². The predicted octanol–water partition coefficient (Wildman–Crippen LogP) is 4.09. The molecule has 28 heavy (non-hydrogen) atoms. The summed E-state index contributed by atoms with van der Waals surface area (Å²) < 4.78 is 7.30. The summed E-state index contributed by atoms with van der Waals surface area (Å²) in [6.07, 6.45) is 3.29. The summed E-state index contributed by atoms with van der Waals surface area (Å²) in [6.45, 7) is 1.69. The molecule has 4 aromatic rings. The largest absolute Gasteiger partial charge is 0.422 e. The first kappa shape index (κ1) is 16.8. The van der Waals surface area contributed by atoms with E-state index in [2.05, 4.69) is 4.90 Å². The van der Waals surface area contributed by atoms with E-state index < -0.39 is 5.63 Å². The molecule has 1 aliphatic rings. The van der Waals surface area contributed by atoms with Gasteiger partial charge in [-0.15, -0.1) is 0 Å². The number of hydrogen-bond donors (Lipinski definition) is 0. The van der Waals surface area contributed by atoms with Crippen molar-refractivity contribution < 1.29 is 4.42 Å². The van der Waals surface area contributed by atoms with Crippen molar-refractivity contribution in [1.29, 1.82) is 0 Å². The molecule has 0 amide bonds. The van der Waals surface area contributed by atoms with E-state index in [0.717, 1.165) is 42.5 Å². The highest BCUT2D eigenvalue weighted by atomic mass is 16.4. The molecular weight excluding hydrogens is 352 g/mol. The first-order valence-corrected chi connectivity index (χ1v) is 9.66. The Balaban J connectivity index is 1.95. The Bertz CT molecular complexity index is 1280. The zero-order chi connectivity index (χ0) is 19.1. The highest BCUT2D eigenvalue weighted by molar-refractivity contribution is 6.06. The molecule has 0 radical (unpaired) electrons. The number of hydrogen-bond acceptors (Lipinski definition) is 4. The Morgan fingerprint density at radius 1 is 0.821 bits per heavy atom. The van der Waals surface area contributed by atoms with Crippen molar-refractivity contribution in [2.45, 2.75) is 19.3 Å². The number of aromatic nitrogens is 1. The number of nitrogens with zero attached hydrogens (tertiary/aromatic N) is 2. The van der Waals surface area contributed by atoms with Crippen LogP contribution in [0.4, 0.5) is 5.69 Å². The summed E-state index contributed by atoms with van der Waals surface area (Å²) in [7, 11) is 0. The van der Waals surface area contributed by atoms with Crippen LogP contribution in [-0.2, 0) is 0 Å². The van der Waals surface area contributed by atoms with Gasteiger partial charge in [0.2, 0.25) is 0 Å². The highest BCUT2D eigenvalue weighted by Crippen LogP contribution is 2.30. The number of pyridine rings is 1. The van der Waals surface area contributed by atoms with Gasteiger partial charge in [0.05, 0.1) is 11.2 Å². The molecule has 2 aromatic carbocycles. The van der Waals surface area contributed by atoms with Crippen LogP contribution in [0, 0.1) is 0 Å². The van der Waals surface area contributed by atoms with Gasteiger partial charge < -0.3 is 9.32 Å². The van der Waals surface area contributed by atoms with Gasteiger partial charge in [-0.3, -0.25) is 9.36 Å². The average Bonchev–Trinajstić information content (AvgIpc) is 2.75. The van der Waals surface area contributed by atoms with Crippen LogP contribution in [0.5, 0.6) is 0 Å². The van der Waals surface area contributed by atoms with Crippen LogP contribution < -0.4 is 16.1 Å². The van der Waals surface area contributed by atoms with Crippen LogP contribution in [0.25, 0.3) is 27.6 Å². The second-order valence-electron chi connectivity index (χ2n) is 7.20. The summed E-state index contributed by atoms with van der Waals surface area (Å²) in [5.41, 5.74) is 2.00. The van der Waals surface area contributed by atoms with Crippen LogP contribution in [-0.4, -0.2) is 17.7 Å². The van der Waals surface area contributed by atoms with Crippen molar-refractivity contribution in [3.05, 3.63) is 81.4 Å². The smallest absolute Gasteiger partial charge is 0.338 e. The van der Waals surface area contributed by atoms with E-state index in [1.807, 2.05) is 54.6 Å². The minimum atomic E-state index is -0.421. The summed E-state index contributed by atoms with van der Waals surface area (Å²) in [5.74, 6) is 0. The van der Waals surface area contributed by atoms with E-state index in [4.69, 9.17) is 4.42 Å². The maximum atomic E-state index is 13.7. The average molecular weight is 372 g/mol. The molecule has 5 rings (SSSR count). The van der Waals surface area contributed by atoms with Gasteiger partial charge in [-0.2, -0.15) is 0 Å². The fraction of sp³-hybridized carbons (Fsp3) is 0.217. The van der Waals surface area contributed by atoms with Crippen molar-refractivity contribution in [3.63, 3.8) is 0 Å². The second-order valence-corrected chi connectivity index (χ2v) is 7.20. The summed E-state index contributed by atoms with van der Waals surface area (Å²) >= 11 is 0. The number of anilines is 1. The first-order valence-electron chi connectivity index (χ1n) is 9.66. The zero-order valence-corrected chi connectivity index (χ0v) is 15.4. The molecule has 0 N–H and O–H groups in total. The lowest BCUT2D eigenvalue weighted by Crippen LogP contribution is -2.32. The Morgan fingerprint density at radius 3 is 2.32 bits per heavy atom. The van der Waals surface area contributed by atoms with Gasteiger partial charge in [0.1, 0.15) is 5.39 Å². The molecule has 2 aromatic heterocycles. The van der Waals surface area contributed by atoms with Gasteiger partial charge in [-0.05, 0) is 43.5 Å². The molecule has 3 heterocycles. The normalized spacial score (nSPS) is 14.6. The molecular formula is C23H20N2O3. The zero-order valence-electron chi connectivity index (χ0n) is 15.4. The SMILES string of the molecule is O=c1cc(N2CCCCC2)c2c(=O)n(-c3ccccc3)c3ccccc3c2o1. The minimum absolute atomic E-state index is 0.163. The Kier molecular flexibility index (Phi) is 4.01. The number of para-hydroxylation sites is 2. The third kappa shape index (κ3) is 2.62. The highest BCUT2D eigenvalue weighted by Gasteiger charge is 2.22. The van der Waals surface area contributed by atoms with Gasteiger partial charge in [0.25, 0.3) is 5.56 Å². The maximum absolute atomic E-state index is 13.7. The first-order chi connectivity index (χ1) is 13.7. The number of fused-ring (bicyclic) bond motifs is 3. The number of rotatable bonds is 2. The summed E-state index contributed by atoms with van der Waals surface area (Å²) in [5, 5.41) is 1.24. The van der Waals surface area contributed by atoms with Crippen molar-refractivity contribution in [1.82, 2.24) is 4.57 Å². The van der Waals surface area contributed by atoms with E-state index in [-0.39, 0.29) is 5.56 Å². The topological polar surface area (TPSA) is 55.5 Å². The van der Waals surface area contributed by atoms with Crippen LogP contribution >= 0.6 is 0 Å². The van der Waals surface area contributed by atoms with Crippen LogP contribution in [0.15, 0.2) is 74.7 Å². The third-order valence-corrected chi connectivity index (χ3v) is 5.46. The molecule has 5 nitrogen and oxygen atoms in total. The molecule has 0 unspecified atom stereocenters. The monoisotopic (exact) mass is 372 g/mol. The number of benzene rings is 2. The predicted molar refractivity (Wildman–Crippen MR) is 112 cm³/mol. The van der Waals surface area contributed by atoms with E-state index in [0.29, 0.717) is 16.7 Å². The standard InChI is InChI=1S/C23H20N2O3/c26-20-15-19(24-13-7-2-8-14-24)21-22(28-20)17-11-5-6-12-18(17)25(23(21)27)16-9-3-1-4-10-16/h1,3-6,9-12,15H,2,7-8,13-14H2. The van der Waals surface area contributed by atoms with E-state index in [9.17, 15) is 9.59 Å². The fourth-order valence-electron chi connectivity index (χ4n) is 4.18. The Labute approximate surface area is 161 Å². The molecule has 5 heteroatoms. The lowest BCUT2D eigenvalue weighted by Gasteiger charge is -2.29. The van der Waals surface area contributed by atoms with E-state index >= 15 is 0 Å². The van der Waals surface area contributed by atoms with Gasteiger partial charge in [-0.1, -0.05) is 30.3 Å². The van der Waals surface area contributed by atoms with Gasteiger partial charge in [0.15, 0.2) is 5.58 Å². The third-order valence-electron chi connectivity index (χ3n) is 5.46. The van der Waals surface area contributed by atoms with Crippen LogP contribution in [0.3, 0.4) is 0 Å². The van der Waals surface area contributed by atoms with Crippen molar-refractivity contribution >= 4 is 27.6 Å². The Morgan fingerprint density at radius 2 is 1.54 bits per heavy atom. The molecule has 0 spiro atoms. The van der Waals surface area contributed by atoms with E-state index in [1.165, 1.54) is 12.5 Å². The fourth-order valence-corrected chi connectivity index (χ4v) is 4.18. The lowest BCUT2D eigenvalue weighted by molar-refractivity contribution is 0.554. The van der Waals surface area contributed by atoms with Crippen LogP contribution in [0.1, 0.15) is 19.3 Å². The quantitative estimate of drug-likeness (QED) is 0.498. The molecule has 0 aliphatic carbocycles. The lowest BCUT2D eigenvalue weighted by atomic mass is 10.1. The molecule has 0 saturated carbocycles. The molecule has 0 bridgehead atoms. The van der Waals surface area contributed by atoms with Crippen molar-refractivity contribution in [3.8, 4) is 5.69 Å². The molecule has 140 valence electrons. The maximum Gasteiger partial charge on any atom is 0.338 e. The minimum Gasteiger partial charge on any atom is -0.422 e. The molecule has 1 fully saturated rings. The number of piperidine rings is 1. The van der Waals surface area contributed by atoms with Crippen molar-refractivity contribution in [2.75, 3.05) is 18.0 Å². The van der Waals surface area contributed by atoms with Crippen molar-refractivity contribution in [2.24, 2.45) is 0 Å². The summed E-state index contributed by atoms with van der Waals surface area (Å²) in [4.78, 5) is 28.2.